The molecule has 0 heterocycles. The second kappa shape index (κ2) is 4.13. The molecule has 0 aliphatic heterocycles. The van der Waals surface area contributed by atoms with Gasteiger partial charge in [0.25, 0.3) is 0 Å². The molecule has 0 radical (unpaired) electrons. The van der Waals surface area contributed by atoms with Gasteiger partial charge in [-0.3, -0.25) is 4.79 Å². The number of carbonyl (C=O) groups is 1. The highest BCUT2D eigenvalue weighted by Gasteiger charge is 2.25. The molecule has 0 N–H and O–H groups in total. The van der Waals surface area contributed by atoms with Gasteiger partial charge in [0.1, 0.15) is 5.76 Å². The normalized spacial score (nSPS) is 17.1. The van der Waals surface area contributed by atoms with Crippen molar-refractivity contribution in [3.63, 3.8) is 0 Å². The second-order valence-corrected chi connectivity index (χ2v) is 9.65. The number of hydrogen-bond acceptors (Lipinski definition) is 2. The molecule has 1 rings (SSSR count). The van der Waals surface area contributed by atoms with E-state index < -0.39 is 8.07 Å². The molecule has 3 heteroatoms. The van der Waals surface area contributed by atoms with E-state index in [9.17, 15) is 4.79 Å². The smallest absolute Gasteiger partial charge is 0.308 e. The first-order valence-electron chi connectivity index (χ1n) is 5.01. The number of esters is 1. The van der Waals surface area contributed by atoms with Crippen molar-refractivity contribution in [2.45, 2.75) is 39.4 Å². The Bertz CT molecular complexity index is 295. The Hall–Kier alpha value is -0.833. The number of hydrogen-bond donors (Lipinski definition) is 0. The third-order valence-corrected chi connectivity index (χ3v) is 4.24. The van der Waals surface area contributed by atoms with Crippen LogP contribution in [0.5, 0.6) is 0 Å². The van der Waals surface area contributed by atoms with E-state index in [1.54, 1.807) is 0 Å². The average Bonchev–Trinajstić information content (AvgIpc) is 2.01. The summed E-state index contributed by atoms with van der Waals surface area (Å²) in [5.74, 6) is 0.588. The number of ether oxygens (including phenoxy) is 1. The van der Waals surface area contributed by atoms with Gasteiger partial charge in [-0.05, 0) is 24.1 Å². The van der Waals surface area contributed by atoms with Crippen molar-refractivity contribution < 1.29 is 9.53 Å². The summed E-state index contributed by atoms with van der Waals surface area (Å²) in [6.07, 6.45) is 6.32. The molecule has 0 unspecified atom stereocenters. The molecular formula is C11H18O2Si. The first-order chi connectivity index (χ1) is 6.41. The van der Waals surface area contributed by atoms with E-state index in [0.717, 1.165) is 18.6 Å². The van der Waals surface area contributed by atoms with Gasteiger partial charge in [-0.15, -0.1) is 0 Å². The van der Waals surface area contributed by atoms with Crippen LogP contribution in [0, 0.1) is 0 Å². The third-order valence-electron chi connectivity index (χ3n) is 2.17. The van der Waals surface area contributed by atoms with Gasteiger partial charge in [0.15, 0.2) is 0 Å². The van der Waals surface area contributed by atoms with Gasteiger partial charge in [-0.2, -0.15) is 0 Å². The fraction of sp³-hybridized carbons (Fsp3) is 0.545. The lowest BCUT2D eigenvalue weighted by Crippen LogP contribution is -2.27. The predicted molar refractivity (Wildman–Crippen MR) is 60.5 cm³/mol. The Balaban J connectivity index is 2.87. The van der Waals surface area contributed by atoms with Gasteiger partial charge in [-0.25, -0.2) is 0 Å². The molecule has 1 aliphatic carbocycles. The van der Waals surface area contributed by atoms with E-state index >= 15 is 0 Å². The molecule has 1 aliphatic rings. The number of allylic oxidation sites excluding steroid dienone is 3. The molecule has 0 amide bonds. The second-order valence-electron chi connectivity index (χ2n) is 4.61. The van der Waals surface area contributed by atoms with Crippen LogP contribution >= 0.6 is 0 Å². The maximum atomic E-state index is 10.9. The largest absolute Gasteiger partial charge is 0.427 e. The zero-order valence-electron chi connectivity index (χ0n) is 9.39. The van der Waals surface area contributed by atoms with Gasteiger partial charge >= 0.3 is 5.97 Å². The first kappa shape index (κ1) is 11.2. The average molecular weight is 210 g/mol. The third kappa shape index (κ3) is 2.84. The van der Waals surface area contributed by atoms with Gasteiger partial charge in [0.05, 0.1) is 8.07 Å². The van der Waals surface area contributed by atoms with Crippen LogP contribution < -0.4 is 0 Å². The Morgan fingerprint density at radius 1 is 1.29 bits per heavy atom. The molecule has 0 saturated carbocycles. The quantitative estimate of drug-likeness (QED) is 0.517. The summed E-state index contributed by atoms with van der Waals surface area (Å²) >= 11 is 0. The highest BCUT2D eigenvalue weighted by molar-refractivity contribution is 6.83. The Morgan fingerprint density at radius 2 is 1.86 bits per heavy atom. The van der Waals surface area contributed by atoms with E-state index in [2.05, 4.69) is 25.7 Å². The highest BCUT2D eigenvalue weighted by Crippen LogP contribution is 2.28. The number of rotatable bonds is 2. The molecule has 0 atom stereocenters. The molecule has 2 nitrogen and oxygen atoms in total. The standard InChI is InChI=1S/C11H18O2Si/c1-9(12)13-10-7-5-6-8-11(10)14(2,3)4/h7-8H,5-6H2,1-4H3. The molecule has 0 aromatic heterocycles. The highest BCUT2D eigenvalue weighted by atomic mass is 28.3. The maximum absolute atomic E-state index is 10.9. The molecule has 0 saturated heterocycles. The van der Waals surface area contributed by atoms with Gasteiger partial charge in [0.2, 0.25) is 0 Å². The molecule has 14 heavy (non-hydrogen) atoms. The lowest BCUT2D eigenvalue weighted by molar-refractivity contribution is -0.136. The van der Waals surface area contributed by atoms with Crippen molar-refractivity contribution in [2.75, 3.05) is 0 Å². The Kier molecular flexibility index (Phi) is 3.32. The van der Waals surface area contributed by atoms with Crippen LogP contribution in [0.25, 0.3) is 0 Å². The summed E-state index contributed by atoms with van der Waals surface area (Å²) in [7, 11) is -1.37. The van der Waals surface area contributed by atoms with Crippen molar-refractivity contribution in [1.29, 1.82) is 0 Å². The summed E-state index contributed by atoms with van der Waals surface area (Å²) < 4.78 is 5.22. The van der Waals surface area contributed by atoms with Crippen molar-refractivity contribution in [2.24, 2.45) is 0 Å². The van der Waals surface area contributed by atoms with Crippen molar-refractivity contribution in [3.05, 3.63) is 23.1 Å². The zero-order valence-corrected chi connectivity index (χ0v) is 10.4. The fourth-order valence-corrected chi connectivity index (χ4v) is 3.23. The van der Waals surface area contributed by atoms with E-state index in [4.69, 9.17) is 4.74 Å². The minimum atomic E-state index is -1.37. The minimum Gasteiger partial charge on any atom is -0.427 e. The minimum absolute atomic E-state index is 0.220. The summed E-state index contributed by atoms with van der Waals surface area (Å²) in [6.45, 7) is 8.25. The van der Waals surface area contributed by atoms with Gasteiger partial charge in [-0.1, -0.05) is 25.7 Å². The molecule has 78 valence electrons. The van der Waals surface area contributed by atoms with Crippen LogP contribution in [0.15, 0.2) is 23.1 Å². The van der Waals surface area contributed by atoms with Crippen molar-refractivity contribution in [1.82, 2.24) is 0 Å². The van der Waals surface area contributed by atoms with Crippen LogP contribution in [0.2, 0.25) is 19.6 Å². The molecule has 0 fully saturated rings. The van der Waals surface area contributed by atoms with E-state index in [0.29, 0.717) is 0 Å². The molecule has 0 bridgehead atoms. The summed E-state index contributed by atoms with van der Waals surface area (Å²) in [5, 5.41) is 1.28. The van der Waals surface area contributed by atoms with Crippen molar-refractivity contribution in [3.8, 4) is 0 Å². The summed E-state index contributed by atoms with van der Waals surface area (Å²) in [4.78, 5) is 10.9. The lowest BCUT2D eigenvalue weighted by atomic mass is 10.2. The van der Waals surface area contributed by atoms with Crippen molar-refractivity contribution >= 4 is 14.0 Å². The Labute approximate surface area is 86.7 Å². The van der Waals surface area contributed by atoms with E-state index in [-0.39, 0.29) is 5.97 Å². The first-order valence-corrected chi connectivity index (χ1v) is 8.51. The topological polar surface area (TPSA) is 26.3 Å². The van der Waals surface area contributed by atoms with E-state index in [1.165, 1.54) is 12.1 Å². The maximum Gasteiger partial charge on any atom is 0.308 e. The summed E-state index contributed by atoms with van der Waals surface area (Å²) in [5.41, 5.74) is 0. The van der Waals surface area contributed by atoms with E-state index in [1.807, 2.05) is 6.08 Å². The van der Waals surface area contributed by atoms with Gasteiger partial charge < -0.3 is 4.74 Å². The molecule has 0 aromatic carbocycles. The fourth-order valence-electron chi connectivity index (χ4n) is 1.58. The molecule has 0 aromatic rings. The number of carbonyl (C=O) groups excluding carboxylic acids is 1. The van der Waals surface area contributed by atoms with Crippen LogP contribution in [-0.4, -0.2) is 14.0 Å². The molecule has 0 spiro atoms. The predicted octanol–water partition coefficient (Wildman–Crippen LogP) is 3.03. The Morgan fingerprint density at radius 3 is 2.36 bits per heavy atom. The monoisotopic (exact) mass is 210 g/mol. The summed E-state index contributed by atoms with van der Waals surface area (Å²) in [6, 6.07) is 0. The van der Waals surface area contributed by atoms with Crippen LogP contribution in [-0.2, 0) is 9.53 Å². The molecular weight excluding hydrogens is 192 g/mol. The van der Waals surface area contributed by atoms with Crippen LogP contribution in [0.4, 0.5) is 0 Å². The van der Waals surface area contributed by atoms with Crippen LogP contribution in [0.1, 0.15) is 19.8 Å². The lowest BCUT2D eigenvalue weighted by Gasteiger charge is -2.25. The zero-order chi connectivity index (χ0) is 10.8. The van der Waals surface area contributed by atoms with Gasteiger partial charge in [0, 0.05) is 6.92 Å². The SMILES string of the molecule is CC(=O)OC1=CCCC=C1[Si](C)(C)C. The van der Waals surface area contributed by atoms with Crippen LogP contribution in [0.3, 0.4) is 0 Å².